The predicted molar refractivity (Wildman–Crippen MR) is 124 cm³/mol. The zero-order valence-corrected chi connectivity index (χ0v) is 20.4. The normalized spacial score (nSPS) is 11.2. The van der Waals surface area contributed by atoms with E-state index < -0.39 is 0 Å². The molecule has 0 aliphatic carbocycles. The summed E-state index contributed by atoms with van der Waals surface area (Å²) in [6.07, 6.45) is 1.35. The minimum Gasteiger partial charge on any atom is -0.379 e. The van der Waals surface area contributed by atoms with Crippen LogP contribution in [-0.2, 0) is 42.7 Å². The molecule has 3 N–H and O–H groups in total. The summed E-state index contributed by atoms with van der Waals surface area (Å²) in [5.74, 6) is -0.0567. The number of amides is 1. The smallest absolute Gasteiger partial charge is 0.222 e. The van der Waals surface area contributed by atoms with Crippen LogP contribution >= 0.6 is 0 Å². The SMILES string of the molecule is CCCOCCOCCOCCOCCOCCOCCOCCOCCC(=O)NCCN. The number of carbonyl (C=O) groups is 1. The number of nitrogens with one attached hydrogen (secondary N) is 1. The maximum atomic E-state index is 11.3. The summed E-state index contributed by atoms with van der Waals surface area (Å²) in [7, 11) is 0. The highest BCUT2D eigenvalue weighted by molar-refractivity contribution is 5.75. The van der Waals surface area contributed by atoms with Crippen LogP contribution in [0, 0.1) is 0 Å². The fourth-order valence-electron chi connectivity index (χ4n) is 2.25. The Labute approximate surface area is 198 Å². The molecule has 0 aliphatic heterocycles. The Kier molecular flexibility index (Phi) is 28.4. The molecule has 0 atom stereocenters. The fourth-order valence-corrected chi connectivity index (χ4v) is 2.25. The third kappa shape index (κ3) is 29.1. The van der Waals surface area contributed by atoms with Gasteiger partial charge in [0.05, 0.1) is 99.1 Å². The van der Waals surface area contributed by atoms with Crippen molar-refractivity contribution in [2.75, 3.05) is 119 Å². The molecule has 0 heterocycles. The Morgan fingerprint density at radius 1 is 0.545 bits per heavy atom. The lowest BCUT2D eigenvalue weighted by atomic mass is 10.4. The van der Waals surface area contributed by atoms with E-state index in [1.165, 1.54) is 0 Å². The fraction of sp³-hybridized carbons (Fsp3) is 0.955. The molecule has 0 unspecified atom stereocenters. The minimum atomic E-state index is -0.0567. The van der Waals surface area contributed by atoms with Crippen LogP contribution in [0.3, 0.4) is 0 Å². The highest BCUT2D eigenvalue weighted by atomic mass is 16.6. The Morgan fingerprint density at radius 3 is 1.15 bits per heavy atom. The van der Waals surface area contributed by atoms with Crippen LogP contribution in [0.1, 0.15) is 19.8 Å². The molecule has 33 heavy (non-hydrogen) atoms. The van der Waals surface area contributed by atoms with E-state index in [0.29, 0.717) is 119 Å². The average molecular weight is 483 g/mol. The third-order valence-corrected chi connectivity index (χ3v) is 3.89. The van der Waals surface area contributed by atoms with E-state index in [0.717, 1.165) is 13.0 Å². The predicted octanol–water partition coefficient (Wildman–Crippen LogP) is -0.00580. The largest absolute Gasteiger partial charge is 0.379 e. The van der Waals surface area contributed by atoms with Crippen molar-refractivity contribution < 1.29 is 42.7 Å². The minimum absolute atomic E-state index is 0.0567. The highest BCUT2D eigenvalue weighted by Gasteiger charge is 1.99. The Morgan fingerprint density at radius 2 is 0.848 bits per heavy atom. The van der Waals surface area contributed by atoms with E-state index in [-0.39, 0.29) is 5.91 Å². The van der Waals surface area contributed by atoms with Gasteiger partial charge in [-0.2, -0.15) is 0 Å². The van der Waals surface area contributed by atoms with Gasteiger partial charge in [-0.1, -0.05) is 6.92 Å². The summed E-state index contributed by atoms with van der Waals surface area (Å²) in [6.45, 7) is 11.5. The van der Waals surface area contributed by atoms with E-state index in [2.05, 4.69) is 12.2 Å². The van der Waals surface area contributed by atoms with Gasteiger partial charge in [-0.25, -0.2) is 0 Å². The van der Waals surface area contributed by atoms with Gasteiger partial charge in [0.25, 0.3) is 0 Å². The standard InChI is InChI=1S/C22H46N2O9/c1-2-6-26-8-10-28-12-14-30-16-18-32-20-21-33-19-17-31-15-13-29-11-9-27-7-3-22(25)24-5-4-23/h2-21,23H2,1H3,(H,24,25). The number of hydrogen-bond donors (Lipinski definition) is 2. The Balaban J connectivity index is 3.04. The molecule has 1 amide bonds. The number of nitrogens with two attached hydrogens (primary N) is 1. The maximum absolute atomic E-state index is 11.3. The highest BCUT2D eigenvalue weighted by Crippen LogP contribution is 1.87. The van der Waals surface area contributed by atoms with E-state index in [1.54, 1.807) is 0 Å². The van der Waals surface area contributed by atoms with Gasteiger partial charge in [0.2, 0.25) is 5.91 Å². The van der Waals surface area contributed by atoms with Crippen LogP contribution < -0.4 is 11.1 Å². The van der Waals surface area contributed by atoms with Gasteiger partial charge in [0, 0.05) is 26.1 Å². The van der Waals surface area contributed by atoms with Crippen LogP contribution in [0.5, 0.6) is 0 Å². The van der Waals surface area contributed by atoms with Crippen molar-refractivity contribution >= 4 is 5.91 Å². The molecule has 0 bridgehead atoms. The summed E-state index contributed by atoms with van der Waals surface area (Å²) in [5.41, 5.74) is 5.30. The van der Waals surface area contributed by atoms with Crippen molar-refractivity contribution in [3.8, 4) is 0 Å². The second-order valence-corrected chi connectivity index (χ2v) is 6.79. The molecule has 0 rings (SSSR count). The van der Waals surface area contributed by atoms with Gasteiger partial charge in [-0.3, -0.25) is 4.79 Å². The third-order valence-electron chi connectivity index (χ3n) is 3.89. The van der Waals surface area contributed by atoms with Gasteiger partial charge >= 0.3 is 0 Å². The van der Waals surface area contributed by atoms with Gasteiger partial charge in [-0.05, 0) is 6.42 Å². The van der Waals surface area contributed by atoms with E-state index in [4.69, 9.17) is 43.6 Å². The maximum Gasteiger partial charge on any atom is 0.222 e. The number of carbonyl (C=O) groups excluding carboxylic acids is 1. The quantitative estimate of drug-likeness (QED) is 0.147. The van der Waals surface area contributed by atoms with Crippen LogP contribution in [0.2, 0.25) is 0 Å². The molecule has 0 aromatic carbocycles. The first-order chi connectivity index (χ1) is 16.3. The molecule has 0 aliphatic rings. The Hall–Kier alpha value is -0.890. The lowest BCUT2D eigenvalue weighted by Gasteiger charge is -2.08. The van der Waals surface area contributed by atoms with Gasteiger partial charge in [-0.15, -0.1) is 0 Å². The van der Waals surface area contributed by atoms with E-state index in [9.17, 15) is 4.79 Å². The Bertz CT molecular complexity index is 393. The lowest BCUT2D eigenvalue weighted by molar-refractivity contribution is -0.122. The monoisotopic (exact) mass is 482 g/mol. The lowest BCUT2D eigenvalue weighted by Crippen LogP contribution is -2.29. The van der Waals surface area contributed by atoms with Crippen molar-refractivity contribution in [3.63, 3.8) is 0 Å². The van der Waals surface area contributed by atoms with Crippen molar-refractivity contribution in [1.29, 1.82) is 0 Å². The summed E-state index contributed by atoms with van der Waals surface area (Å²) in [5, 5.41) is 2.68. The zero-order chi connectivity index (χ0) is 24.1. The molecule has 0 saturated carbocycles. The van der Waals surface area contributed by atoms with E-state index >= 15 is 0 Å². The van der Waals surface area contributed by atoms with Crippen molar-refractivity contribution in [2.24, 2.45) is 5.73 Å². The molecule has 198 valence electrons. The topological polar surface area (TPSA) is 129 Å². The molecule has 0 spiro atoms. The summed E-state index contributed by atoms with van der Waals surface area (Å²) >= 11 is 0. The summed E-state index contributed by atoms with van der Waals surface area (Å²) in [4.78, 5) is 11.3. The molecule has 0 fully saturated rings. The number of ether oxygens (including phenoxy) is 8. The molecule has 11 heteroatoms. The van der Waals surface area contributed by atoms with Crippen molar-refractivity contribution in [3.05, 3.63) is 0 Å². The van der Waals surface area contributed by atoms with Gasteiger partial charge in [0.1, 0.15) is 0 Å². The number of rotatable bonds is 28. The first-order valence-corrected chi connectivity index (χ1v) is 11.9. The van der Waals surface area contributed by atoms with Crippen molar-refractivity contribution in [2.45, 2.75) is 19.8 Å². The van der Waals surface area contributed by atoms with Crippen molar-refractivity contribution in [1.82, 2.24) is 5.32 Å². The zero-order valence-electron chi connectivity index (χ0n) is 20.4. The second kappa shape index (κ2) is 29.1. The molecule has 11 nitrogen and oxygen atoms in total. The van der Waals surface area contributed by atoms with Crippen LogP contribution in [0.4, 0.5) is 0 Å². The van der Waals surface area contributed by atoms with Gasteiger partial charge < -0.3 is 48.9 Å². The molecule has 0 saturated heterocycles. The average Bonchev–Trinajstić information content (AvgIpc) is 2.82. The van der Waals surface area contributed by atoms with Gasteiger partial charge in [0.15, 0.2) is 0 Å². The molecular formula is C22H46N2O9. The van der Waals surface area contributed by atoms with E-state index in [1.807, 2.05) is 0 Å². The second-order valence-electron chi connectivity index (χ2n) is 6.79. The van der Waals surface area contributed by atoms with Crippen LogP contribution in [-0.4, -0.2) is 125 Å². The van der Waals surface area contributed by atoms with Crippen LogP contribution in [0.25, 0.3) is 0 Å². The summed E-state index contributed by atoms with van der Waals surface area (Å²) < 4.78 is 43.1. The first-order valence-electron chi connectivity index (χ1n) is 11.9. The molecule has 0 aromatic rings. The summed E-state index contributed by atoms with van der Waals surface area (Å²) in [6, 6.07) is 0. The molecule has 0 radical (unpaired) electrons. The molecular weight excluding hydrogens is 436 g/mol. The number of hydrogen-bond acceptors (Lipinski definition) is 10. The van der Waals surface area contributed by atoms with Crippen LogP contribution in [0.15, 0.2) is 0 Å². The first kappa shape index (κ1) is 32.1. The molecule has 0 aromatic heterocycles.